The molecule has 0 aliphatic rings. The third-order valence-corrected chi connectivity index (χ3v) is 3.70. The number of nitrogens with zero attached hydrogens (tertiary/aromatic N) is 1. The van der Waals surface area contributed by atoms with Crippen LogP contribution in [0.5, 0.6) is 0 Å². The second-order valence-electron chi connectivity index (χ2n) is 6.72. The van der Waals surface area contributed by atoms with Gasteiger partial charge in [-0.25, -0.2) is 4.98 Å². The van der Waals surface area contributed by atoms with Crippen molar-refractivity contribution in [2.75, 3.05) is 10.6 Å². The molecule has 2 rings (SSSR count). The zero-order valence-corrected chi connectivity index (χ0v) is 14.5. The van der Waals surface area contributed by atoms with E-state index < -0.39 is 5.41 Å². The number of amides is 1. The van der Waals surface area contributed by atoms with Gasteiger partial charge in [-0.1, -0.05) is 45.9 Å². The maximum Gasteiger partial charge on any atom is 0.230 e. The Labute approximate surface area is 138 Å². The number of rotatable bonds is 4. The molecule has 0 saturated carbocycles. The summed E-state index contributed by atoms with van der Waals surface area (Å²) in [4.78, 5) is 16.3. The van der Waals surface area contributed by atoms with Gasteiger partial charge < -0.3 is 10.6 Å². The Bertz CT molecular complexity index is 685. The fourth-order valence-electron chi connectivity index (χ4n) is 2.19. The zero-order valence-electron chi connectivity index (χ0n) is 14.5. The zero-order chi connectivity index (χ0) is 17.0. The lowest BCUT2D eigenvalue weighted by atomic mass is 9.96. The van der Waals surface area contributed by atoms with Gasteiger partial charge in [-0.15, -0.1) is 0 Å². The summed E-state index contributed by atoms with van der Waals surface area (Å²) in [6.45, 7) is 9.87. The molecule has 0 unspecified atom stereocenters. The number of carbonyl (C=O) groups excluding carboxylic acids is 1. The highest BCUT2D eigenvalue weighted by atomic mass is 16.2. The van der Waals surface area contributed by atoms with Crippen molar-refractivity contribution in [3.63, 3.8) is 0 Å². The van der Waals surface area contributed by atoms with Crippen molar-refractivity contribution in [1.29, 1.82) is 0 Å². The van der Waals surface area contributed by atoms with Gasteiger partial charge in [0.25, 0.3) is 0 Å². The maximum atomic E-state index is 12.0. The summed E-state index contributed by atoms with van der Waals surface area (Å²) in [5.41, 5.74) is 4.08. The van der Waals surface area contributed by atoms with E-state index in [4.69, 9.17) is 0 Å². The number of benzene rings is 1. The molecule has 2 N–H and O–H groups in total. The van der Waals surface area contributed by atoms with E-state index in [9.17, 15) is 4.79 Å². The number of hydrogen-bond donors (Lipinski definition) is 2. The van der Waals surface area contributed by atoms with Crippen molar-refractivity contribution in [3.05, 3.63) is 47.7 Å². The van der Waals surface area contributed by atoms with Crippen LogP contribution in [0.2, 0.25) is 0 Å². The van der Waals surface area contributed by atoms with Crippen molar-refractivity contribution >= 4 is 23.1 Å². The number of hydrogen-bond acceptors (Lipinski definition) is 3. The van der Waals surface area contributed by atoms with Crippen LogP contribution in [0.25, 0.3) is 0 Å². The number of aryl methyl sites for hydroxylation is 2. The molecule has 2 aromatic rings. The van der Waals surface area contributed by atoms with E-state index in [0.717, 1.165) is 17.8 Å². The molecule has 0 radical (unpaired) electrons. The first-order valence-corrected chi connectivity index (χ1v) is 7.94. The topological polar surface area (TPSA) is 54.0 Å². The highest BCUT2D eigenvalue weighted by Crippen LogP contribution is 2.25. The molecule has 0 aliphatic heterocycles. The van der Waals surface area contributed by atoms with E-state index in [1.165, 1.54) is 11.1 Å². The lowest BCUT2D eigenvalue weighted by molar-refractivity contribution is -0.123. The molecule has 1 aromatic carbocycles. The summed E-state index contributed by atoms with van der Waals surface area (Å²) in [6.07, 6.45) is 2.71. The molecular formula is C19H25N3O. The third kappa shape index (κ3) is 4.31. The van der Waals surface area contributed by atoms with Crippen LogP contribution in [0.1, 0.15) is 38.8 Å². The molecule has 1 heterocycles. The monoisotopic (exact) mass is 311 g/mol. The van der Waals surface area contributed by atoms with E-state index >= 15 is 0 Å². The molecule has 4 heteroatoms. The molecule has 0 aliphatic carbocycles. The van der Waals surface area contributed by atoms with Crippen LogP contribution >= 0.6 is 0 Å². The number of nitrogens with one attached hydrogen (secondary N) is 2. The Morgan fingerprint density at radius 2 is 1.91 bits per heavy atom. The van der Waals surface area contributed by atoms with E-state index in [1.807, 2.05) is 32.9 Å². The van der Waals surface area contributed by atoms with Crippen molar-refractivity contribution in [1.82, 2.24) is 4.98 Å². The lowest BCUT2D eigenvalue weighted by Gasteiger charge is -2.17. The van der Waals surface area contributed by atoms with Crippen LogP contribution in [-0.4, -0.2) is 10.9 Å². The van der Waals surface area contributed by atoms with E-state index in [1.54, 1.807) is 6.20 Å². The number of para-hydroxylation sites is 1. The quantitative estimate of drug-likeness (QED) is 0.862. The lowest BCUT2D eigenvalue weighted by Crippen LogP contribution is -2.27. The Morgan fingerprint density at radius 3 is 2.48 bits per heavy atom. The first kappa shape index (κ1) is 17.0. The van der Waals surface area contributed by atoms with Gasteiger partial charge in [-0.2, -0.15) is 0 Å². The van der Waals surface area contributed by atoms with Crippen LogP contribution < -0.4 is 10.6 Å². The second kappa shape index (κ2) is 6.82. The number of anilines is 3. The molecule has 0 bridgehead atoms. The molecule has 0 fully saturated rings. The molecule has 23 heavy (non-hydrogen) atoms. The average molecular weight is 311 g/mol. The SMILES string of the molecule is CCc1cccc(C)c1Nc1ccc(NC(=O)C(C)(C)C)nc1. The van der Waals surface area contributed by atoms with Gasteiger partial charge in [0.1, 0.15) is 5.82 Å². The highest BCUT2D eigenvalue weighted by molar-refractivity contribution is 5.93. The van der Waals surface area contributed by atoms with Gasteiger partial charge >= 0.3 is 0 Å². The Kier molecular flexibility index (Phi) is 5.04. The predicted octanol–water partition coefficient (Wildman–Crippen LogP) is 4.68. The van der Waals surface area contributed by atoms with Crippen LogP contribution in [0.15, 0.2) is 36.5 Å². The molecule has 0 atom stereocenters. The molecule has 1 amide bonds. The van der Waals surface area contributed by atoms with Crippen molar-refractivity contribution in [2.45, 2.75) is 41.0 Å². The van der Waals surface area contributed by atoms with Gasteiger partial charge in [0, 0.05) is 11.1 Å². The van der Waals surface area contributed by atoms with E-state index in [-0.39, 0.29) is 5.91 Å². The molecular weight excluding hydrogens is 286 g/mol. The maximum absolute atomic E-state index is 12.0. The summed E-state index contributed by atoms with van der Waals surface area (Å²) >= 11 is 0. The average Bonchev–Trinajstić information content (AvgIpc) is 2.50. The standard InChI is InChI=1S/C19H25N3O/c1-6-14-9-7-8-13(2)17(14)21-15-10-11-16(20-12-15)22-18(23)19(3,4)5/h7-12,21H,6H2,1-5H3,(H,20,22,23). The smallest absolute Gasteiger partial charge is 0.230 e. The fourth-order valence-corrected chi connectivity index (χ4v) is 2.19. The minimum Gasteiger partial charge on any atom is -0.354 e. The summed E-state index contributed by atoms with van der Waals surface area (Å²) in [6, 6.07) is 10.0. The van der Waals surface area contributed by atoms with Gasteiger partial charge in [0.15, 0.2) is 0 Å². The van der Waals surface area contributed by atoms with Gasteiger partial charge in [-0.3, -0.25) is 4.79 Å². The molecule has 0 saturated heterocycles. The van der Waals surface area contributed by atoms with Crippen LogP contribution in [-0.2, 0) is 11.2 Å². The predicted molar refractivity (Wildman–Crippen MR) is 96.2 cm³/mol. The molecule has 122 valence electrons. The largest absolute Gasteiger partial charge is 0.354 e. The normalized spacial score (nSPS) is 11.2. The van der Waals surface area contributed by atoms with Crippen molar-refractivity contribution in [2.24, 2.45) is 5.41 Å². The molecule has 0 spiro atoms. The van der Waals surface area contributed by atoms with Crippen molar-refractivity contribution in [3.8, 4) is 0 Å². The van der Waals surface area contributed by atoms with E-state index in [2.05, 4.69) is 47.7 Å². The molecule has 4 nitrogen and oxygen atoms in total. The number of aromatic nitrogens is 1. The summed E-state index contributed by atoms with van der Waals surface area (Å²) in [5.74, 6) is 0.522. The summed E-state index contributed by atoms with van der Waals surface area (Å²) in [5, 5.41) is 6.26. The van der Waals surface area contributed by atoms with E-state index in [0.29, 0.717) is 5.82 Å². The van der Waals surface area contributed by atoms with Gasteiger partial charge in [-0.05, 0) is 36.6 Å². The Balaban J connectivity index is 2.14. The second-order valence-corrected chi connectivity index (χ2v) is 6.72. The van der Waals surface area contributed by atoms with Gasteiger partial charge in [0.2, 0.25) is 5.91 Å². The van der Waals surface area contributed by atoms with Crippen LogP contribution in [0, 0.1) is 12.3 Å². The van der Waals surface area contributed by atoms with Gasteiger partial charge in [0.05, 0.1) is 11.9 Å². The minimum absolute atomic E-state index is 0.0436. The first-order chi connectivity index (χ1) is 10.8. The summed E-state index contributed by atoms with van der Waals surface area (Å²) in [7, 11) is 0. The first-order valence-electron chi connectivity index (χ1n) is 7.94. The Morgan fingerprint density at radius 1 is 1.17 bits per heavy atom. The van der Waals surface area contributed by atoms with Crippen LogP contribution in [0.3, 0.4) is 0 Å². The molecule has 1 aromatic heterocycles. The number of pyridine rings is 1. The highest BCUT2D eigenvalue weighted by Gasteiger charge is 2.21. The Hall–Kier alpha value is -2.36. The number of carbonyl (C=O) groups is 1. The minimum atomic E-state index is -0.435. The summed E-state index contributed by atoms with van der Waals surface area (Å²) < 4.78 is 0. The van der Waals surface area contributed by atoms with Crippen molar-refractivity contribution < 1.29 is 4.79 Å². The third-order valence-electron chi connectivity index (χ3n) is 3.70. The van der Waals surface area contributed by atoms with Crippen LogP contribution in [0.4, 0.5) is 17.2 Å². The fraction of sp³-hybridized carbons (Fsp3) is 0.368.